The Morgan fingerprint density at radius 3 is 0.768 bits per heavy atom. The van der Waals surface area contributed by atoms with Gasteiger partial charge in [-0.15, -0.1) is 0 Å². The van der Waals surface area contributed by atoms with Gasteiger partial charge in [-0.05, 0) is 157 Å². The number of benzene rings is 8. The van der Waals surface area contributed by atoms with Crippen LogP contribution in [0.15, 0.2) is 214 Å². The van der Waals surface area contributed by atoms with Crippen molar-refractivity contribution in [2.75, 3.05) is 0 Å². The molecular formula is C56H50O10S3. The van der Waals surface area contributed by atoms with E-state index in [0.29, 0.717) is 23.0 Å². The molecule has 69 heavy (non-hydrogen) atoms. The molecule has 8 rings (SSSR count). The molecule has 0 N–H and O–H groups in total. The highest BCUT2D eigenvalue weighted by atomic mass is 32.2. The summed E-state index contributed by atoms with van der Waals surface area (Å²) in [4.78, 5) is 0.392. The van der Waals surface area contributed by atoms with Gasteiger partial charge >= 0.3 is 20.2 Å². The summed E-state index contributed by atoms with van der Waals surface area (Å²) in [6, 6.07) is 54.6. The Balaban J connectivity index is 0.848. The minimum Gasteiger partial charge on any atom is -0.457 e. The molecular weight excluding hydrogens is 929 g/mol. The number of hydrogen-bond donors (Lipinski definition) is 0. The van der Waals surface area contributed by atoms with Crippen LogP contribution in [0.25, 0.3) is 0 Å². The molecule has 10 nitrogen and oxygen atoms in total. The molecule has 0 aliphatic rings. The highest BCUT2D eigenvalue weighted by molar-refractivity contribution is 7.91. The van der Waals surface area contributed by atoms with Crippen LogP contribution in [-0.4, -0.2) is 25.3 Å². The lowest BCUT2D eigenvalue weighted by molar-refractivity contribution is 0.481. The third kappa shape index (κ3) is 10.9. The maximum atomic E-state index is 13.6. The van der Waals surface area contributed by atoms with Crippen LogP contribution in [0.1, 0.15) is 61.1 Å². The lowest BCUT2D eigenvalue weighted by Gasteiger charge is -2.26. The fraction of sp³-hybridized carbons (Fsp3) is 0.143. The zero-order valence-corrected chi connectivity index (χ0v) is 41.2. The number of rotatable bonds is 16. The molecule has 0 amide bonds. The molecule has 352 valence electrons. The molecule has 0 aromatic heterocycles. The number of aryl methyl sites for hydroxylation is 2. The Bertz CT molecular complexity index is 3180. The van der Waals surface area contributed by atoms with Gasteiger partial charge in [0, 0.05) is 10.8 Å². The van der Waals surface area contributed by atoms with Crippen LogP contribution in [0.5, 0.6) is 34.5 Å². The summed E-state index contributed by atoms with van der Waals surface area (Å²) in [5, 5.41) is 0. The molecule has 0 spiro atoms. The van der Waals surface area contributed by atoms with Gasteiger partial charge in [0.1, 0.15) is 44.3 Å². The standard InChI is InChI=1S/C56H50O10S3/c1-39-7-31-53(32-8-39)68(59,60)65-49-23-15-43(16-24-49)55(3,4)41-11-19-45(20-12-41)63-47-27-35-51(36-28-47)67(57,58)52-37-29-48(30-38-52)64-46-21-13-42(14-22-46)56(5,6)44-17-25-50(26-18-44)66-69(61,62)54-33-9-40(2)10-34-54/h7-38H,1-6H3. The minimum atomic E-state index is -3.97. The summed E-state index contributed by atoms with van der Waals surface area (Å²) in [6.45, 7) is 12.0. The van der Waals surface area contributed by atoms with Crippen LogP contribution in [0, 0.1) is 13.8 Å². The molecule has 0 radical (unpaired) electrons. The first kappa shape index (κ1) is 48.3. The molecule has 0 aliphatic heterocycles. The van der Waals surface area contributed by atoms with E-state index in [0.717, 1.165) is 33.4 Å². The Morgan fingerprint density at radius 1 is 0.290 bits per heavy atom. The van der Waals surface area contributed by atoms with Crippen molar-refractivity contribution in [3.8, 4) is 34.5 Å². The lowest BCUT2D eigenvalue weighted by Crippen LogP contribution is -2.18. The topological polar surface area (TPSA) is 139 Å². The second kappa shape index (κ2) is 19.1. The predicted octanol–water partition coefficient (Wildman–Crippen LogP) is 12.9. The summed E-state index contributed by atoms with van der Waals surface area (Å²) in [7, 11) is -11.8. The van der Waals surface area contributed by atoms with E-state index in [9.17, 15) is 25.3 Å². The number of sulfone groups is 1. The maximum Gasteiger partial charge on any atom is 0.339 e. The third-order valence-corrected chi connectivity index (χ3v) is 16.4. The Hall–Kier alpha value is -7.19. The fourth-order valence-electron chi connectivity index (χ4n) is 7.61. The van der Waals surface area contributed by atoms with E-state index in [1.807, 2.05) is 86.6 Å². The minimum absolute atomic E-state index is 0.0871. The third-order valence-electron chi connectivity index (χ3n) is 12.1. The highest BCUT2D eigenvalue weighted by Gasteiger charge is 2.26. The van der Waals surface area contributed by atoms with Crippen LogP contribution >= 0.6 is 0 Å². The predicted molar refractivity (Wildman–Crippen MR) is 266 cm³/mol. The van der Waals surface area contributed by atoms with Gasteiger partial charge in [-0.1, -0.05) is 112 Å². The zero-order valence-electron chi connectivity index (χ0n) is 38.8. The van der Waals surface area contributed by atoms with Crippen molar-refractivity contribution < 1.29 is 43.1 Å². The summed E-state index contributed by atoms with van der Waals surface area (Å²) in [5.41, 5.74) is 4.91. The maximum absolute atomic E-state index is 13.6. The van der Waals surface area contributed by atoms with Crippen LogP contribution in [0.4, 0.5) is 0 Å². The molecule has 0 saturated carbocycles. The smallest absolute Gasteiger partial charge is 0.339 e. The molecule has 0 unspecified atom stereocenters. The van der Waals surface area contributed by atoms with E-state index in [2.05, 4.69) is 27.7 Å². The van der Waals surface area contributed by atoms with Crippen molar-refractivity contribution in [3.63, 3.8) is 0 Å². The summed E-state index contributed by atoms with van der Waals surface area (Å²) in [6.07, 6.45) is 0. The van der Waals surface area contributed by atoms with Crippen molar-refractivity contribution in [1.82, 2.24) is 0 Å². The quantitative estimate of drug-likeness (QED) is 0.0860. The molecule has 8 aromatic carbocycles. The second-order valence-corrected chi connectivity index (χ2v) is 22.7. The molecule has 0 bridgehead atoms. The molecule has 8 aromatic rings. The molecule has 0 heterocycles. The van der Waals surface area contributed by atoms with E-state index in [4.69, 9.17) is 17.8 Å². The molecule has 0 saturated heterocycles. The van der Waals surface area contributed by atoms with Crippen LogP contribution in [0.3, 0.4) is 0 Å². The lowest BCUT2D eigenvalue weighted by atomic mass is 9.78. The first-order valence-electron chi connectivity index (χ1n) is 21.9. The average Bonchev–Trinajstić information content (AvgIpc) is 3.33. The number of ether oxygens (including phenoxy) is 2. The van der Waals surface area contributed by atoms with Crippen LogP contribution in [0.2, 0.25) is 0 Å². The summed E-state index contributed by atoms with van der Waals surface area (Å²) >= 11 is 0. The molecule has 0 aliphatic carbocycles. The Labute approximate surface area is 404 Å². The average molecular weight is 979 g/mol. The van der Waals surface area contributed by atoms with Crippen molar-refractivity contribution in [3.05, 3.63) is 228 Å². The zero-order chi connectivity index (χ0) is 49.2. The Kier molecular flexibility index (Phi) is 13.3. The summed E-state index contributed by atoms with van der Waals surface area (Å²) < 4.78 is 101. The normalized spacial score (nSPS) is 12.3. The van der Waals surface area contributed by atoms with Crippen molar-refractivity contribution >= 4 is 30.1 Å². The van der Waals surface area contributed by atoms with E-state index < -0.39 is 40.9 Å². The van der Waals surface area contributed by atoms with Crippen LogP contribution < -0.4 is 17.8 Å². The Morgan fingerprint density at radius 2 is 0.507 bits per heavy atom. The molecule has 0 atom stereocenters. The first-order valence-corrected chi connectivity index (χ1v) is 26.2. The molecule has 0 fully saturated rings. The van der Waals surface area contributed by atoms with Gasteiger partial charge in [0.05, 0.1) is 9.79 Å². The van der Waals surface area contributed by atoms with Gasteiger partial charge in [-0.3, -0.25) is 0 Å². The van der Waals surface area contributed by atoms with Gasteiger partial charge in [0.2, 0.25) is 9.84 Å². The van der Waals surface area contributed by atoms with E-state index in [1.54, 1.807) is 72.8 Å². The monoisotopic (exact) mass is 978 g/mol. The largest absolute Gasteiger partial charge is 0.457 e. The first-order chi connectivity index (χ1) is 32.7. The summed E-state index contributed by atoms with van der Waals surface area (Å²) in [5.74, 6) is 2.49. The fourth-order valence-corrected chi connectivity index (χ4v) is 10.7. The molecule has 13 heteroatoms. The second-order valence-electron chi connectivity index (χ2n) is 17.7. The van der Waals surface area contributed by atoms with Gasteiger partial charge < -0.3 is 17.8 Å². The van der Waals surface area contributed by atoms with Crippen molar-refractivity contribution in [1.29, 1.82) is 0 Å². The van der Waals surface area contributed by atoms with Crippen molar-refractivity contribution in [2.45, 2.75) is 72.0 Å². The van der Waals surface area contributed by atoms with Gasteiger partial charge in [0.25, 0.3) is 0 Å². The SMILES string of the molecule is Cc1ccc(S(=O)(=O)Oc2ccc(C(C)(C)c3ccc(Oc4ccc(S(=O)(=O)c5ccc(Oc6ccc(C(C)(C)c7ccc(OS(=O)(=O)c8ccc(C)cc8)cc7)cc6)cc5)cc4)cc3)cc2)cc1. The van der Waals surface area contributed by atoms with Crippen LogP contribution in [-0.2, 0) is 40.9 Å². The van der Waals surface area contributed by atoms with Gasteiger partial charge in [-0.25, -0.2) is 8.42 Å². The highest BCUT2D eigenvalue weighted by Crippen LogP contribution is 2.37. The van der Waals surface area contributed by atoms with Crippen molar-refractivity contribution in [2.24, 2.45) is 0 Å². The van der Waals surface area contributed by atoms with Gasteiger partial charge in [-0.2, -0.15) is 16.8 Å². The van der Waals surface area contributed by atoms with Gasteiger partial charge in [0.15, 0.2) is 0 Å². The van der Waals surface area contributed by atoms with E-state index in [-0.39, 0.29) is 31.1 Å². The van der Waals surface area contributed by atoms with E-state index >= 15 is 0 Å². The number of hydrogen-bond acceptors (Lipinski definition) is 10. The van der Waals surface area contributed by atoms with E-state index in [1.165, 1.54) is 48.5 Å².